The predicted octanol–water partition coefficient (Wildman–Crippen LogP) is 5.03. The summed E-state index contributed by atoms with van der Waals surface area (Å²) in [5.74, 6) is 0. The van der Waals surface area contributed by atoms with Gasteiger partial charge in [0.25, 0.3) is 0 Å². The average Bonchev–Trinajstić information content (AvgIpc) is 2.41. The SMILES string of the molecule is Cc1ccc2nc3c(Cl)c(Cl)c(=O)c(Cl)c-3sc2c1. The second kappa shape index (κ2) is 4.60. The zero-order chi connectivity index (χ0) is 13.7. The Morgan fingerprint density at radius 2 is 1.84 bits per heavy atom. The molecule has 0 N–H and O–H groups in total. The molecule has 1 aromatic carbocycles. The van der Waals surface area contributed by atoms with Gasteiger partial charge < -0.3 is 0 Å². The highest BCUT2D eigenvalue weighted by molar-refractivity contribution is 7.22. The van der Waals surface area contributed by atoms with Crippen LogP contribution in [0.5, 0.6) is 0 Å². The van der Waals surface area contributed by atoms with E-state index in [1.807, 2.05) is 25.1 Å². The zero-order valence-electron chi connectivity index (χ0n) is 9.63. The van der Waals surface area contributed by atoms with Crippen LogP contribution in [-0.4, -0.2) is 4.98 Å². The van der Waals surface area contributed by atoms with E-state index in [1.165, 1.54) is 11.3 Å². The van der Waals surface area contributed by atoms with Gasteiger partial charge in [0, 0.05) is 0 Å². The number of halogens is 3. The molecule has 0 unspecified atom stereocenters. The number of fused-ring (bicyclic) bond motifs is 2. The van der Waals surface area contributed by atoms with E-state index < -0.39 is 5.43 Å². The lowest BCUT2D eigenvalue weighted by Gasteiger charge is -2.10. The smallest absolute Gasteiger partial charge is 0.218 e. The molecule has 1 aliphatic carbocycles. The molecule has 1 heterocycles. The summed E-state index contributed by atoms with van der Waals surface area (Å²) >= 11 is 19.4. The molecule has 19 heavy (non-hydrogen) atoms. The molecule has 96 valence electrons. The minimum absolute atomic E-state index is 0.0744. The van der Waals surface area contributed by atoms with E-state index in [0.29, 0.717) is 10.6 Å². The van der Waals surface area contributed by atoms with E-state index in [-0.39, 0.29) is 15.1 Å². The summed E-state index contributed by atoms with van der Waals surface area (Å²) in [5, 5.41) is 0.153. The lowest BCUT2D eigenvalue weighted by Crippen LogP contribution is -2.06. The van der Waals surface area contributed by atoms with Gasteiger partial charge in [-0.15, -0.1) is 11.3 Å². The van der Waals surface area contributed by atoms with Gasteiger partial charge in [0.05, 0.1) is 20.1 Å². The molecule has 0 fully saturated rings. The number of benzene rings is 2. The van der Waals surface area contributed by atoms with Gasteiger partial charge in [-0.05, 0) is 24.6 Å². The van der Waals surface area contributed by atoms with E-state index in [2.05, 4.69) is 4.98 Å². The third kappa shape index (κ3) is 2.01. The maximum Gasteiger partial charge on any atom is 0.218 e. The Labute approximate surface area is 127 Å². The van der Waals surface area contributed by atoms with Gasteiger partial charge in [0.1, 0.15) is 15.7 Å². The molecule has 6 heteroatoms. The van der Waals surface area contributed by atoms with Crippen molar-refractivity contribution in [3.05, 3.63) is 49.1 Å². The third-order valence-corrected chi connectivity index (χ3v) is 5.22. The summed E-state index contributed by atoms with van der Waals surface area (Å²) in [4.78, 5) is 16.9. The third-order valence-electron chi connectivity index (χ3n) is 2.77. The van der Waals surface area contributed by atoms with Crippen molar-refractivity contribution in [3.8, 4) is 10.6 Å². The fraction of sp³-hybridized carbons (Fsp3) is 0.0769. The molecule has 0 amide bonds. The van der Waals surface area contributed by atoms with Crippen molar-refractivity contribution < 1.29 is 0 Å². The molecule has 3 rings (SSSR count). The summed E-state index contributed by atoms with van der Waals surface area (Å²) in [5.41, 5.74) is 1.93. The monoisotopic (exact) mass is 329 g/mol. The van der Waals surface area contributed by atoms with Crippen LogP contribution in [0.3, 0.4) is 0 Å². The predicted molar refractivity (Wildman–Crippen MR) is 82.3 cm³/mol. The molecular weight excluding hydrogens is 325 g/mol. The standard InChI is InChI=1S/C13H6Cl3NOS/c1-5-2-3-6-7(4-5)19-13-10(16)12(18)9(15)8(14)11(13)17-6/h2-4H,1H3. The average molecular weight is 331 g/mol. The fourth-order valence-corrected chi connectivity index (χ4v) is 3.75. The first-order valence-corrected chi connectivity index (χ1v) is 7.31. The second-order valence-corrected chi connectivity index (χ2v) is 6.32. The lowest BCUT2D eigenvalue weighted by atomic mass is 10.2. The number of nitrogens with zero attached hydrogens (tertiary/aromatic N) is 1. The first kappa shape index (κ1) is 13.1. The summed E-state index contributed by atoms with van der Waals surface area (Å²) in [6, 6.07) is 5.87. The van der Waals surface area contributed by atoms with Crippen LogP contribution >= 0.6 is 46.1 Å². The number of hydrogen-bond donors (Lipinski definition) is 0. The van der Waals surface area contributed by atoms with Crippen molar-refractivity contribution in [1.29, 1.82) is 0 Å². The molecule has 0 spiro atoms. The summed E-state index contributed by atoms with van der Waals surface area (Å²) < 4.78 is 0.951. The fourth-order valence-electron chi connectivity index (χ4n) is 1.83. The molecule has 1 aliphatic heterocycles. The summed E-state index contributed by atoms with van der Waals surface area (Å²) in [7, 11) is 0. The maximum absolute atomic E-state index is 11.8. The normalized spacial score (nSPS) is 11.4. The van der Waals surface area contributed by atoms with Crippen molar-refractivity contribution in [1.82, 2.24) is 4.98 Å². The van der Waals surface area contributed by atoms with Gasteiger partial charge in [-0.25, -0.2) is 4.98 Å². The van der Waals surface area contributed by atoms with Gasteiger partial charge in [-0.2, -0.15) is 0 Å². The highest BCUT2D eigenvalue weighted by atomic mass is 35.5. The Balaban J connectivity index is 2.55. The first-order valence-electron chi connectivity index (χ1n) is 5.36. The molecule has 2 nitrogen and oxygen atoms in total. The number of hydrogen-bond acceptors (Lipinski definition) is 3. The van der Waals surface area contributed by atoms with Crippen molar-refractivity contribution in [2.75, 3.05) is 0 Å². The molecule has 1 aromatic rings. The van der Waals surface area contributed by atoms with Crippen molar-refractivity contribution in [2.24, 2.45) is 0 Å². The Morgan fingerprint density at radius 1 is 1.11 bits per heavy atom. The largest absolute Gasteiger partial charge is 0.286 e. The van der Waals surface area contributed by atoms with Gasteiger partial charge in [0.2, 0.25) is 5.43 Å². The second-order valence-electron chi connectivity index (χ2n) is 4.13. The Hall–Kier alpha value is -0.870. The number of aromatic nitrogens is 1. The van der Waals surface area contributed by atoms with E-state index in [1.54, 1.807) is 0 Å². The Kier molecular flexibility index (Phi) is 3.18. The van der Waals surface area contributed by atoms with E-state index in [9.17, 15) is 4.79 Å². The summed E-state index contributed by atoms with van der Waals surface area (Å²) in [6.45, 7) is 1.99. The van der Waals surface area contributed by atoms with Gasteiger partial charge in [0.15, 0.2) is 0 Å². The number of aryl methyl sites for hydroxylation is 1. The zero-order valence-corrected chi connectivity index (χ0v) is 12.7. The van der Waals surface area contributed by atoms with Crippen molar-refractivity contribution in [2.45, 2.75) is 6.92 Å². The minimum Gasteiger partial charge on any atom is -0.286 e. The highest BCUT2D eigenvalue weighted by Gasteiger charge is 2.22. The van der Waals surface area contributed by atoms with Crippen LogP contribution in [0, 0.1) is 6.92 Å². The molecule has 0 saturated carbocycles. The molecule has 0 saturated heterocycles. The molecule has 2 aliphatic rings. The number of rotatable bonds is 0. The quantitative estimate of drug-likeness (QED) is 0.427. The van der Waals surface area contributed by atoms with Crippen molar-refractivity contribution >= 4 is 56.4 Å². The lowest BCUT2D eigenvalue weighted by molar-refractivity contribution is 1.39. The molecule has 0 bridgehead atoms. The van der Waals surface area contributed by atoms with Crippen LogP contribution in [0.15, 0.2) is 23.0 Å². The van der Waals surface area contributed by atoms with E-state index in [0.717, 1.165) is 15.8 Å². The molecule has 0 aromatic heterocycles. The van der Waals surface area contributed by atoms with Gasteiger partial charge in [-0.1, -0.05) is 40.9 Å². The van der Waals surface area contributed by atoms with Gasteiger partial charge >= 0.3 is 0 Å². The maximum atomic E-state index is 11.8. The topological polar surface area (TPSA) is 30.0 Å². The molecule has 0 atom stereocenters. The van der Waals surface area contributed by atoms with Crippen LogP contribution in [0.2, 0.25) is 15.1 Å². The summed E-state index contributed by atoms with van der Waals surface area (Å²) in [6.07, 6.45) is 0. The van der Waals surface area contributed by atoms with Crippen LogP contribution < -0.4 is 5.43 Å². The van der Waals surface area contributed by atoms with Crippen LogP contribution in [-0.2, 0) is 0 Å². The first-order chi connectivity index (χ1) is 8.99. The molecular formula is C13H6Cl3NOS. The Bertz CT molecular complexity index is 844. The van der Waals surface area contributed by atoms with Gasteiger partial charge in [-0.3, -0.25) is 4.79 Å². The van der Waals surface area contributed by atoms with E-state index in [4.69, 9.17) is 34.8 Å². The highest BCUT2D eigenvalue weighted by Crippen LogP contribution is 2.41. The molecule has 0 radical (unpaired) electrons. The van der Waals surface area contributed by atoms with Crippen LogP contribution in [0.25, 0.3) is 20.8 Å². The minimum atomic E-state index is -0.453. The van der Waals surface area contributed by atoms with E-state index >= 15 is 0 Å². The van der Waals surface area contributed by atoms with Crippen LogP contribution in [0.1, 0.15) is 5.56 Å². The van der Waals surface area contributed by atoms with Crippen LogP contribution in [0.4, 0.5) is 0 Å². The Morgan fingerprint density at radius 3 is 2.58 bits per heavy atom. The van der Waals surface area contributed by atoms with Crippen molar-refractivity contribution in [3.63, 3.8) is 0 Å².